The Balaban J connectivity index is 2.85. The van der Waals surface area contributed by atoms with Gasteiger partial charge in [0.15, 0.2) is 0 Å². The molecule has 2 N–H and O–H groups in total. The maximum Gasteiger partial charge on any atom is 0.329 e. The number of carboxylic acid groups (broad SMARTS) is 1. The Bertz CT molecular complexity index is 470. The van der Waals surface area contributed by atoms with Crippen LogP contribution in [0, 0.1) is 0 Å². The summed E-state index contributed by atoms with van der Waals surface area (Å²) in [5.41, 5.74) is -1.23. The number of carboxylic acids is 1. The van der Waals surface area contributed by atoms with Crippen molar-refractivity contribution in [2.45, 2.75) is 52.0 Å². The van der Waals surface area contributed by atoms with Crippen LogP contribution < -0.4 is 5.32 Å². The van der Waals surface area contributed by atoms with Gasteiger partial charge in [0.2, 0.25) is 0 Å². The zero-order valence-corrected chi connectivity index (χ0v) is 12.5. The van der Waals surface area contributed by atoms with Crippen molar-refractivity contribution < 1.29 is 14.7 Å². The van der Waals surface area contributed by atoms with Gasteiger partial charge in [-0.1, -0.05) is 27.2 Å². The van der Waals surface area contributed by atoms with Crippen molar-refractivity contribution in [1.82, 2.24) is 10.3 Å². The van der Waals surface area contributed by atoms with E-state index in [1.165, 1.54) is 24.5 Å². The van der Waals surface area contributed by atoms with E-state index in [9.17, 15) is 14.7 Å². The van der Waals surface area contributed by atoms with Crippen molar-refractivity contribution >= 4 is 23.2 Å². The molecule has 0 aromatic carbocycles. The van der Waals surface area contributed by atoms with Crippen LogP contribution in [0.5, 0.6) is 0 Å². The van der Waals surface area contributed by atoms with E-state index >= 15 is 0 Å². The monoisotopic (exact) mass is 284 g/mol. The normalized spacial score (nSPS) is 14.2. The summed E-state index contributed by atoms with van der Waals surface area (Å²) in [4.78, 5) is 28.0. The molecular formula is C13H20N2O3S. The van der Waals surface area contributed by atoms with Crippen LogP contribution in [0.2, 0.25) is 0 Å². The minimum absolute atomic E-state index is 0.257. The first-order valence-electron chi connectivity index (χ1n) is 6.31. The molecule has 0 fully saturated rings. The fourth-order valence-corrected chi connectivity index (χ4v) is 2.51. The number of thiazole rings is 1. The van der Waals surface area contributed by atoms with Gasteiger partial charge in [0.1, 0.15) is 10.4 Å². The molecule has 0 aliphatic heterocycles. The third kappa shape index (κ3) is 3.76. The molecule has 0 saturated carbocycles. The van der Waals surface area contributed by atoms with E-state index in [1.54, 1.807) is 0 Å². The van der Waals surface area contributed by atoms with Crippen LogP contribution in [-0.2, 0) is 4.79 Å². The third-order valence-electron chi connectivity index (χ3n) is 2.85. The SMILES string of the molecule is CCCC(C)(NC(=O)c1cnc(C(C)C)s1)C(=O)O. The molecule has 1 heterocycles. The first-order chi connectivity index (χ1) is 8.80. The highest BCUT2D eigenvalue weighted by Gasteiger charge is 2.34. The summed E-state index contributed by atoms with van der Waals surface area (Å²) in [5.74, 6) is -1.13. The highest BCUT2D eigenvalue weighted by molar-refractivity contribution is 7.13. The third-order valence-corrected chi connectivity index (χ3v) is 4.15. The van der Waals surface area contributed by atoms with Crippen LogP contribution >= 0.6 is 11.3 Å². The number of amides is 1. The molecule has 0 aliphatic rings. The quantitative estimate of drug-likeness (QED) is 0.841. The van der Waals surface area contributed by atoms with Crippen molar-refractivity contribution in [3.63, 3.8) is 0 Å². The lowest BCUT2D eigenvalue weighted by Crippen LogP contribution is -2.51. The van der Waals surface area contributed by atoms with Gasteiger partial charge in [0, 0.05) is 5.92 Å². The van der Waals surface area contributed by atoms with Crippen LogP contribution in [0.4, 0.5) is 0 Å². The van der Waals surface area contributed by atoms with Gasteiger partial charge in [-0.25, -0.2) is 9.78 Å². The highest BCUT2D eigenvalue weighted by atomic mass is 32.1. The van der Waals surface area contributed by atoms with Crippen molar-refractivity contribution in [3.05, 3.63) is 16.1 Å². The maximum absolute atomic E-state index is 12.1. The van der Waals surface area contributed by atoms with E-state index < -0.39 is 11.5 Å². The molecule has 106 valence electrons. The molecule has 19 heavy (non-hydrogen) atoms. The summed E-state index contributed by atoms with van der Waals surface area (Å²) in [6, 6.07) is 0. The van der Waals surface area contributed by atoms with Crippen LogP contribution in [0.3, 0.4) is 0 Å². The summed E-state index contributed by atoms with van der Waals surface area (Å²) >= 11 is 1.30. The molecule has 1 aromatic rings. The fraction of sp³-hybridized carbons (Fsp3) is 0.615. The minimum atomic E-state index is -1.23. The van der Waals surface area contributed by atoms with E-state index in [-0.39, 0.29) is 11.8 Å². The summed E-state index contributed by atoms with van der Waals surface area (Å²) < 4.78 is 0. The second-order valence-electron chi connectivity index (χ2n) is 5.06. The van der Waals surface area contributed by atoms with Crippen molar-refractivity contribution in [3.8, 4) is 0 Å². The molecule has 1 aromatic heterocycles. The summed E-state index contributed by atoms with van der Waals surface area (Å²) in [5, 5.41) is 12.7. The largest absolute Gasteiger partial charge is 0.480 e. The lowest BCUT2D eigenvalue weighted by atomic mass is 9.96. The molecule has 0 aliphatic carbocycles. The Morgan fingerprint density at radius 1 is 1.53 bits per heavy atom. The Morgan fingerprint density at radius 3 is 2.58 bits per heavy atom. The molecule has 0 radical (unpaired) electrons. The highest BCUT2D eigenvalue weighted by Crippen LogP contribution is 2.22. The summed E-state index contributed by atoms with van der Waals surface area (Å²) in [6.07, 6.45) is 2.58. The number of hydrogen-bond acceptors (Lipinski definition) is 4. The van der Waals surface area contributed by atoms with Gasteiger partial charge < -0.3 is 10.4 Å². The topological polar surface area (TPSA) is 79.3 Å². The number of nitrogens with zero attached hydrogens (tertiary/aromatic N) is 1. The van der Waals surface area contributed by atoms with E-state index in [4.69, 9.17) is 0 Å². The smallest absolute Gasteiger partial charge is 0.329 e. The number of aromatic nitrogens is 1. The van der Waals surface area contributed by atoms with Crippen molar-refractivity contribution in [2.75, 3.05) is 0 Å². The predicted octanol–water partition coefficient (Wildman–Crippen LogP) is 2.64. The van der Waals surface area contributed by atoms with E-state index in [1.807, 2.05) is 20.8 Å². The van der Waals surface area contributed by atoms with Gasteiger partial charge in [-0.05, 0) is 13.3 Å². The van der Waals surface area contributed by atoms with Crippen molar-refractivity contribution in [2.24, 2.45) is 0 Å². The average Bonchev–Trinajstić information content (AvgIpc) is 2.78. The Morgan fingerprint density at radius 2 is 2.16 bits per heavy atom. The second-order valence-corrected chi connectivity index (χ2v) is 6.12. The summed E-state index contributed by atoms with van der Waals surface area (Å²) in [7, 11) is 0. The van der Waals surface area contributed by atoms with Gasteiger partial charge >= 0.3 is 5.97 Å². The van der Waals surface area contributed by atoms with E-state index in [2.05, 4.69) is 10.3 Å². The predicted molar refractivity (Wildman–Crippen MR) is 74.6 cm³/mol. The zero-order chi connectivity index (χ0) is 14.6. The molecule has 1 amide bonds. The maximum atomic E-state index is 12.1. The van der Waals surface area contributed by atoms with Crippen LogP contribution in [0.15, 0.2) is 6.20 Å². The molecule has 1 atom stereocenters. The van der Waals surface area contributed by atoms with Crippen molar-refractivity contribution in [1.29, 1.82) is 0 Å². The molecule has 1 rings (SSSR count). The number of nitrogens with one attached hydrogen (secondary N) is 1. The molecule has 0 bridgehead atoms. The summed E-state index contributed by atoms with van der Waals surface area (Å²) in [6.45, 7) is 7.41. The molecule has 6 heteroatoms. The Kier molecular flexibility index (Phi) is 5.05. The van der Waals surface area contributed by atoms with Crippen LogP contribution in [0.25, 0.3) is 0 Å². The molecule has 0 saturated heterocycles. The van der Waals surface area contributed by atoms with Gasteiger partial charge in [0.05, 0.1) is 11.2 Å². The average molecular weight is 284 g/mol. The minimum Gasteiger partial charge on any atom is -0.480 e. The molecule has 5 nitrogen and oxygen atoms in total. The molecule has 1 unspecified atom stereocenters. The Hall–Kier alpha value is -1.43. The number of rotatable bonds is 6. The van der Waals surface area contributed by atoms with Gasteiger partial charge in [0.25, 0.3) is 5.91 Å². The lowest BCUT2D eigenvalue weighted by Gasteiger charge is -2.25. The number of hydrogen-bond donors (Lipinski definition) is 2. The van der Waals surface area contributed by atoms with Gasteiger partial charge in [-0.15, -0.1) is 11.3 Å². The first kappa shape index (κ1) is 15.6. The second kappa shape index (κ2) is 6.14. The standard InChI is InChI=1S/C13H20N2O3S/c1-5-6-13(4,12(17)18)15-10(16)9-7-14-11(19-9)8(2)3/h7-8H,5-6H2,1-4H3,(H,15,16)(H,17,18). The Labute approximate surface area is 117 Å². The molecular weight excluding hydrogens is 264 g/mol. The van der Waals surface area contributed by atoms with E-state index in [0.29, 0.717) is 17.7 Å². The van der Waals surface area contributed by atoms with E-state index in [0.717, 1.165) is 5.01 Å². The van der Waals surface area contributed by atoms with Gasteiger partial charge in [-0.2, -0.15) is 0 Å². The number of carbonyl (C=O) groups excluding carboxylic acids is 1. The molecule has 0 spiro atoms. The first-order valence-corrected chi connectivity index (χ1v) is 7.13. The number of carbonyl (C=O) groups is 2. The zero-order valence-electron chi connectivity index (χ0n) is 11.7. The number of aliphatic carboxylic acids is 1. The van der Waals surface area contributed by atoms with Crippen LogP contribution in [-0.4, -0.2) is 27.5 Å². The fourth-order valence-electron chi connectivity index (χ4n) is 1.69. The lowest BCUT2D eigenvalue weighted by molar-refractivity contribution is -0.144. The van der Waals surface area contributed by atoms with Crippen LogP contribution in [0.1, 0.15) is 61.1 Å². The van der Waals surface area contributed by atoms with Gasteiger partial charge in [-0.3, -0.25) is 4.79 Å².